The number of H-pyrrole nitrogens is 1. The Morgan fingerprint density at radius 1 is 0.919 bits per heavy atom. The van der Waals surface area contributed by atoms with Gasteiger partial charge in [-0.05, 0) is 36.4 Å². The molecule has 0 saturated heterocycles. The highest BCUT2D eigenvalue weighted by Gasteiger charge is 2.13. The van der Waals surface area contributed by atoms with Gasteiger partial charge < -0.3 is 26.3 Å². The number of aromatic carboxylic acids is 1. The molecule has 0 spiro atoms. The summed E-state index contributed by atoms with van der Waals surface area (Å²) in [5, 5.41) is 9.86. The van der Waals surface area contributed by atoms with Crippen LogP contribution in [0, 0.1) is 0 Å². The molecule has 3 aromatic carbocycles. The number of fused-ring (bicyclic) bond motifs is 1. The molecule has 0 radical (unpaired) electrons. The molecule has 0 saturated carbocycles. The van der Waals surface area contributed by atoms with E-state index in [1.807, 2.05) is 0 Å². The lowest BCUT2D eigenvalue weighted by atomic mass is 10.2. The summed E-state index contributed by atoms with van der Waals surface area (Å²) in [6, 6.07) is 14.6. The molecule has 1 aromatic heterocycles. The normalized spacial score (nSPS) is 9.97. The summed E-state index contributed by atoms with van der Waals surface area (Å²) < 4.78 is 4.49. The lowest BCUT2D eigenvalue weighted by Crippen LogP contribution is -2.11. The fourth-order valence-corrected chi connectivity index (χ4v) is 3.79. The van der Waals surface area contributed by atoms with E-state index in [0.29, 0.717) is 32.5 Å². The number of carbonyl (C=O) groups excluding carboxylic acids is 1. The molecule has 37 heavy (non-hydrogen) atoms. The maximum absolute atomic E-state index is 11.5. The number of carboxylic acid groups (broad SMARTS) is 1. The van der Waals surface area contributed by atoms with Gasteiger partial charge in [0, 0.05) is 11.4 Å². The third kappa shape index (κ3) is 7.74. The minimum atomic E-state index is -1.10. The first-order valence-electron chi connectivity index (χ1n) is 10.1. The molecule has 1 heterocycles. The van der Waals surface area contributed by atoms with Crippen LogP contribution in [-0.2, 0) is 10.6 Å². The number of nitrogens with zero attached hydrogens (tertiary/aromatic N) is 1. The predicted octanol–water partition coefficient (Wildman–Crippen LogP) is 5.64. The van der Waals surface area contributed by atoms with E-state index in [2.05, 4.69) is 14.7 Å². The molecule has 0 unspecified atom stereocenters. The molecular formula is C24H20Cl4N4O5. The van der Waals surface area contributed by atoms with Gasteiger partial charge >= 0.3 is 11.9 Å². The summed E-state index contributed by atoms with van der Waals surface area (Å²) >= 11 is 22.7. The average molecular weight is 586 g/mol. The van der Waals surface area contributed by atoms with Crippen LogP contribution in [0.15, 0.2) is 59.4 Å². The number of carboxylic acids is 1. The van der Waals surface area contributed by atoms with Crippen molar-refractivity contribution in [2.75, 3.05) is 18.6 Å². The highest BCUT2D eigenvalue weighted by molar-refractivity contribution is 6.35. The van der Waals surface area contributed by atoms with E-state index in [0.717, 1.165) is 0 Å². The van der Waals surface area contributed by atoms with Crippen LogP contribution in [0.25, 0.3) is 10.9 Å². The second-order valence-electron chi connectivity index (χ2n) is 6.99. The fraction of sp³-hybridized carbons (Fsp3) is 0.0833. The third-order valence-electron chi connectivity index (χ3n) is 4.55. The van der Waals surface area contributed by atoms with Gasteiger partial charge in [-0.2, -0.15) is 0 Å². The number of aromatic nitrogens is 2. The predicted molar refractivity (Wildman–Crippen MR) is 147 cm³/mol. The van der Waals surface area contributed by atoms with Gasteiger partial charge in [0.25, 0.3) is 5.56 Å². The van der Waals surface area contributed by atoms with E-state index in [9.17, 15) is 14.4 Å². The van der Waals surface area contributed by atoms with Crippen molar-refractivity contribution in [1.29, 1.82) is 0 Å². The molecule has 6 N–H and O–H groups in total. The quantitative estimate of drug-likeness (QED) is 0.136. The van der Waals surface area contributed by atoms with Gasteiger partial charge in [0.2, 0.25) is 0 Å². The lowest BCUT2D eigenvalue weighted by molar-refractivity contribution is 0.0601. The van der Waals surface area contributed by atoms with Crippen molar-refractivity contribution >= 4 is 80.6 Å². The largest absolute Gasteiger partial charge is 0.478 e. The summed E-state index contributed by atoms with van der Waals surface area (Å²) in [5.74, 6) is -0.991. The van der Waals surface area contributed by atoms with Crippen LogP contribution >= 0.6 is 46.4 Å². The summed E-state index contributed by atoms with van der Waals surface area (Å²) in [6.45, 7) is 0. The Bertz CT molecular complexity index is 1450. The lowest BCUT2D eigenvalue weighted by Gasteiger charge is -2.04. The van der Waals surface area contributed by atoms with Crippen molar-refractivity contribution in [3.63, 3.8) is 0 Å². The topological polar surface area (TPSA) is 161 Å². The van der Waals surface area contributed by atoms with E-state index < -0.39 is 11.9 Å². The van der Waals surface area contributed by atoms with Crippen LogP contribution in [0.1, 0.15) is 26.5 Å². The first kappa shape index (κ1) is 29.7. The molecule has 194 valence electrons. The number of nitrogen functional groups attached to an aromatic ring is 2. The number of carbonyl (C=O) groups is 2. The van der Waals surface area contributed by atoms with Crippen molar-refractivity contribution < 1.29 is 19.4 Å². The van der Waals surface area contributed by atoms with Crippen molar-refractivity contribution in [2.45, 2.75) is 5.88 Å². The van der Waals surface area contributed by atoms with E-state index in [1.165, 1.54) is 19.2 Å². The van der Waals surface area contributed by atoms with E-state index in [-0.39, 0.29) is 33.3 Å². The Labute approximate surface area is 230 Å². The van der Waals surface area contributed by atoms with Gasteiger partial charge in [-0.1, -0.05) is 53.0 Å². The number of nitrogens with two attached hydrogens (primary N) is 2. The maximum Gasteiger partial charge on any atom is 0.341 e. The number of rotatable bonds is 3. The molecule has 0 aliphatic carbocycles. The Hall–Kier alpha value is -3.50. The number of esters is 1. The van der Waals surface area contributed by atoms with Gasteiger partial charge in [0.15, 0.2) is 0 Å². The number of ether oxygens (including phenoxy) is 1. The monoisotopic (exact) mass is 584 g/mol. The summed E-state index contributed by atoms with van der Waals surface area (Å²) in [4.78, 5) is 39.8. The van der Waals surface area contributed by atoms with Crippen LogP contribution in [0.3, 0.4) is 0 Å². The first-order chi connectivity index (χ1) is 17.5. The van der Waals surface area contributed by atoms with Crippen LogP contribution in [0.4, 0.5) is 11.4 Å². The van der Waals surface area contributed by atoms with E-state index in [4.69, 9.17) is 63.0 Å². The van der Waals surface area contributed by atoms with Crippen LogP contribution in [0.5, 0.6) is 0 Å². The van der Waals surface area contributed by atoms with Crippen LogP contribution in [0.2, 0.25) is 15.1 Å². The number of methoxy groups -OCH3 is 1. The second kappa shape index (κ2) is 13.7. The van der Waals surface area contributed by atoms with Gasteiger partial charge in [0.05, 0.1) is 39.0 Å². The zero-order valence-corrected chi connectivity index (χ0v) is 22.1. The summed E-state index contributed by atoms with van der Waals surface area (Å²) in [5.41, 5.74) is 11.9. The van der Waals surface area contributed by atoms with Crippen LogP contribution < -0.4 is 17.0 Å². The Kier molecular flexibility index (Phi) is 11.0. The molecule has 0 amide bonds. The highest BCUT2D eigenvalue weighted by Crippen LogP contribution is 2.23. The molecule has 13 heteroatoms. The smallest absolute Gasteiger partial charge is 0.341 e. The summed E-state index contributed by atoms with van der Waals surface area (Å²) in [7, 11) is 1.28. The van der Waals surface area contributed by atoms with Crippen molar-refractivity contribution in [2.24, 2.45) is 0 Å². The molecule has 0 bridgehead atoms. The number of alkyl halides is 1. The molecular weight excluding hydrogens is 566 g/mol. The van der Waals surface area contributed by atoms with Crippen molar-refractivity contribution in [3.8, 4) is 0 Å². The van der Waals surface area contributed by atoms with Crippen LogP contribution in [-0.4, -0.2) is 34.1 Å². The standard InChI is InChI=1S/C9H6Cl2N2O.C8H8ClNO2.C7H6ClNO2/c10-4-7-12-6-3-1-2-5(11)8(6)9(14)13-7;1-12-8(11)7-5(9)3-2-4-6(7)10;8-4-2-1-3-5(9)6(4)7(10)11/h1-3H,4H2,(H,12,13,14);2-4H,10H2,1H3;1-3H,9H2,(H,10,11). The van der Waals surface area contributed by atoms with E-state index >= 15 is 0 Å². The van der Waals surface area contributed by atoms with Crippen molar-refractivity contribution in [1.82, 2.24) is 9.97 Å². The molecule has 0 aliphatic rings. The molecule has 0 aliphatic heterocycles. The van der Waals surface area contributed by atoms with Crippen molar-refractivity contribution in [3.05, 3.63) is 97.0 Å². The minimum Gasteiger partial charge on any atom is -0.478 e. The number of hydrogen-bond acceptors (Lipinski definition) is 7. The van der Waals surface area contributed by atoms with Gasteiger partial charge in [0.1, 0.15) is 17.0 Å². The number of anilines is 2. The minimum absolute atomic E-state index is 0.0332. The molecule has 4 aromatic rings. The second-order valence-corrected chi connectivity index (χ2v) is 8.47. The average Bonchev–Trinajstić information content (AvgIpc) is 2.84. The van der Waals surface area contributed by atoms with Gasteiger partial charge in [-0.25, -0.2) is 14.6 Å². The maximum atomic E-state index is 11.5. The molecule has 4 rings (SSSR count). The SMILES string of the molecule is COC(=O)c1c(N)cccc1Cl.Nc1cccc(Cl)c1C(=O)O.O=c1[nH]c(CCl)nc2cccc(Cl)c12. The molecule has 9 nitrogen and oxygen atoms in total. The number of aromatic amines is 1. The number of hydrogen-bond donors (Lipinski definition) is 4. The highest BCUT2D eigenvalue weighted by atomic mass is 35.5. The Morgan fingerprint density at radius 2 is 1.43 bits per heavy atom. The molecule has 0 atom stereocenters. The third-order valence-corrected chi connectivity index (χ3v) is 5.75. The number of benzene rings is 3. The van der Waals surface area contributed by atoms with E-state index in [1.54, 1.807) is 42.5 Å². The fourth-order valence-electron chi connectivity index (χ4n) is 2.89. The van der Waals surface area contributed by atoms with Gasteiger partial charge in [-0.15, -0.1) is 11.6 Å². The first-order valence-corrected chi connectivity index (χ1v) is 11.8. The zero-order valence-electron chi connectivity index (χ0n) is 19.1. The summed E-state index contributed by atoms with van der Waals surface area (Å²) in [6.07, 6.45) is 0. The van der Waals surface area contributed by atoms with Gasteiger partial charge in [-0.3, -0.25) is 4.79 Å². The molecule has 0 fully saturated rings. The Balaban J connectivity index is 0.000000197. The zero-order chi connectivity index (χ0) is 27.7. The number of halogens is 4. The Morgan fingerprint density at radius 3 is 1.89 bits per heavy atom. The number of nitrogens with one attached hydrogen (secondary N) is 1.